The van der Waals surface area contributed by atoms with Gasteiger partial charge in [-0.3, -0.25) is 0 Å². The van der Waals surface area contributed by atoms with E-state index >= 15 is 0 Å². The summed E-state index contributed by atoms with van der Waals surface area (Å²) in [5.74, 6) is 2.24. The van der Waals surface area contributed by atoms with Crippen molar-refractivity contribution in [3.8, 4) is 0 Å². The molecule has 0 aliphatic heterocycles. The summed E-state index contributed by atoms with van der Waals surface area (Å²) in [5.41, 5.74) is 7.92. The summed E-state index contributed by atoms with van der Waals surface area (Å²) in [6.45, 7) is 7.98. The van der Waals surface area contributed by atoms with Crippen LogP contribution < -0.4 is 5.73 Å². The van der Waals surface area contributed by atoms with Crippen LogP contribution in [0.1, 0.15) is 51.5 Å². The molecule has 2 N–H and O–H groups in total. The van der Waals surface area contributed by atoms with Gasteiger partial charge >= 0.3 is 0 Å². The van der Waals surface area contributed by atoms with Gasteiger partial charge in [-0.25, -0.2) is 0 Å². The van der Waals surface area contributed by atoms with E-state index in [9.17, 15) is 0 Å². The molecule has 1 fully saturated rings. The van der Waals surface area contributed by atoms with Gasteiger partial charge in [-0.2, -0.15) is 11.3 Å². The maximum absolute atomic E-state index is 5.96. The highest BCUT2D eigenvalue weighted by atomic mass is 32.1. The Morgan fingerprint density at radius 3 is 2.65 bits per heavy atom. The van der Waals surface area contributed by atoms with Crippen LogP contribution >= 0.6 is 11.3 Å². The highest BCUT2D eigenvalue weighted by molar-refractivity contribution is 7.07. The van der Waals surface area contributed by atoms with Gasteiger partial charge in [0.05, 0.1) is 0 Å². The molecule has 1 aromatic rings. The third-order valence-electron chi connectivity index (χ3n) is 4.49. The Morgan fingerprint density at radius 1 is 1.35 bits per heavy atom. The molecule has 1 heterocycles. The molecule has 2 rings (SSSR count). The molecule has 3 unspecified atom stereocenters. The molecule has 1 aromatic heterocycles. The molecule has 1 aliphatic carbocycles. The monoisotopic (exact) mass is 251 g/mol. The summed E-state index contributed by atoms with van der Waals surface area (Å²) >= 11 is 1.81. The lowest BCUT2D eigenvalue weighted by atomic mass is 9.64. The normalized spacial score (nSPS) is 30.5. The van der Waals surface area contributed by atoms with Gasteiger partial charge in [-0.1, -0.05) is 20.8 Å². The predicted molar refractivity (Wildman–Crippen MR) is 76.4 cm³/mol. The molecular formula is C15H25NS. The maximum atomic E-state index is 5.96. The summed E-state index contributed by atoms with van der Waals surface area (Å²) in [7, 11) is 0. The van der Waals surface area contributed by atoms with E-state index in [4.69, 9.17) is 5.73 Å². The van der Waals surface area contributed by atoms with Crippen molar-refractivity contribution < 1.29 is 0 Å². The van der Waals surface area contributed by atoms with Crippen molar-refractivity contribution in [2.75, 3.05) is 6.54 Å². The molecule has 1 nitrogen and oxygen atoms in total. The number of hydrogen-bond acceptors (Lipinski definition) is 2. The van der Waals surface area contributed by atoms with Gasteiger partial charge in [0.2, 0.25) is 0 Å². The van der Waals surface area contributed by atoms with Crippen molar-refractivity contribution in [2.45, 2.75) is 46.0 Å². The summed E-state index contributed by atoms with van der Waals surface area (Å²) < 4.78 is 0. The fourth-order valence-corrected chi connectivity index (χ4v) is 3.92. The lowest BCUT2D eigenvalue weighted by Crippen LogP contribution is -2.33. The highest BCUT2D eigenvalue weighted by Gasteiger charge is 2.35. The molecule has 96 valence electrons. The average Bonchev–Trinajstić information content (AvgIpc) is 2.80. The van der Waals surface area contributed by atoms with Crippen LogP contribution in [0, 0.1) is 17.3 Å². The fraction of sp³-hybridized carbons (Fsp3) is 0.733. The van der Waals surface area contributed by atoms with Crippen LogP contribution in [0.5, 0.6) is 0 Å². The third kappa shape index (κ3) is 2.92. The standard InChI is InChI=1S/C15H25NS/c1-15(2,3)13-5-4-11(9-16)14(8-13)12-6-7-17-10-12/h6-7,10-11,13-14H,4-5,8-9,16H2,1-3H3. The second kappa shape index (κ2) is 5.11. The molecule has 0 radical (unpaired) electrons. The third-order valence-corrected chi connectivity index (χ3v) is 5.19. The zero-order valence-corrected chi connectivity index (χ0v) is 12.1. The Labute approximate surface area is 109 Å². The van der Waals surface area contributed by atoms with E-state index in [1.807, 2.05) is 11.3 Å². The van der Waals surface area contributed by atoms with Crippen LogP contribution in [0.4, 0.5) is 0 Å². The van der Waals surface area contributed by atoms with Crippen molar-refractivity contribution in [3.05, 3.63) is 22.4 Å². The molecule has 0 amide bonds. The highest BCUT2D eigenvalue weighted by Crippen LogP contribution is 2.46. The van der Waals surface area contributed by atoms with E-state index < -0.39 is 0 Å². The Morgan fingerprint density at radius 2 is 2.12 bits per heavy atom. The molecule has 0 bridgehead atoms. The SMILES string of the molecule is CC(C)(C)C1CCC(CN)C(c2ccsc2)C1. The number of rotatable bonds is 2. The first kappa shape index (κ1) is 13.1. The van der Waals surface area contributed by atoms with Crippen molar-refractivity contribution in [3.63, 3.8) is 0 Å². The second-order valence-electron chi connectivity index (χ2n) is 6.53. The van der Waals surface area contributed by atoms with Crippen LogP contribution in [-0.4, -0.2) is 6.54 Å². The number of nitrogens with two attached hydrogens (primary N) is 1. The Kier molecular flexibility index (Phi) is 3.94. The predicted octanol–water partition coefficient (Wildman–Crippen LogP) is 4.25. The Bertz CT molecular complexity index is 336. The van der Waals surface area contributed by atoms with Crippen LogP contribution in [0.25, 0.3) is 0 Å². The molecule has 1 saturated carbocycles. The van der Waals surface area contributed by atoms with E-state index in [0.717, 1.165) is 12.5 Å². The van der Waals surface area contributed by atoms with Gasteiger partial charge in [0.1, 0.15) is 0 Å². The van der Waals surface area contributed by atoms with Crippen molar-refractivity contribution in [2.24, 2.45) is 23.0 Å². The lowest BCUT2D eigenvalue weighted by Gasteiger charge is -2.41. The zero-order chi connectivity index (χ0) is 12.5. The van der Waals surface area contributed by atoms with Gasteiger partial charge in [-0.05, 0) is 71.4 Å². The van der Waals surface area contributed by atoms with E-state index in [0.29, 0.717) is 17.3 Å². The molecule has 1 aliphatic rings. The van der Waals surface area contributed by atoms with Crippen LogP contribution in [-0.2, 0) is 0 Å². The number of thiophene rings is 1. The first-order chi connectivity index (χ1) is 8.02. The fourth-order valence-electron chi connectivity index (χ4n) is 3.20. The van der Waals surface area contributed by atoms with Crippen LogP contribution in [0.3, 0.4) is 0 Å². The average molecular weight is 251 g/mol. The van der Waals surface area contributed by atoms with Crippen LogP contribution in [0.15, 0.2) is 16.8 Å². The van der Waals surface area contributed by atoms with Crippen molar-refractivity contribution in [1.82, 2.24) is 0 Å². The molecular weight excluding hydrogens is 226 g/mol. The number of hydrogen-bond donors (Lipinski definition) is 1. The van der Waals surface area contributed by atoms with E-state index in [1.54, 1.807) is 0 Å². The molecule has 0 aromatic carbocycles. The molecule has 0 spiro atoms. The second-order valence-corrected chi connectivity index (χ2v) is 7.31. The Hall–Kier alpha value is -0.340. The lowest BCUT2D eigenvalue weighted by molar-refractivity contribution is 0.133. The van der Waals surface area contributed by atoms with Crippen molar-refractivity contribution in [1.29, 1.82) is 0 Å². The topological polar surface area (TPSA) is 26.0 Å². The van der Waals surface area contributed by atoms with Gasteiger partial charge in [-0.15, -0.1) is 0 Å². The first-order valence-electron chi connectivity index (χ1n) is 6.74. The van der Waals surface area contributed by atoms with Gasteiger partial charge in [0.15, 0.2) is 0 Å². The summed E-state index contributed by atoms with van der Waals surface area (Å²) in [4.78, 5) is 0. The minimum atomic E-state index is 0.438. The van der Waals surface area contributed by atoms with Gasteiger partial charge in [0, 0.05) is 0 Å². The quantitative estimate of drug-likeness (QED) is 0.835. The minimum Gasteiger partial charge on any atom is -0.330 e. The smallest absolute Gasteiger partial charge is 0.00430 e. The van der Waals surface area contributed by atoms with Crippen molar-refractivity contribution >= 4 is 11.3 Å². The first-order valence-corrected chi connectivity index (χ1v) is 7.69. The van der Waals surface area contributed by atoms with Gasteiger partial charge in [0.25, 0.3) is 0 Å². The van der Waals surface area contributed by atoms with E-state index in [2.05, 4.69) is 37.6 Å². The Balaban J connectivity index is 2.15. The summed E-state index contributed by atoms with van der Waals surface area (Å²) in [6.07, 6.45) is 3.98. The molecule has 17 heavy (non-hydrogen) atoms. The van der Waals surface area contributed by atoms with E-state index in [1.165, 1.54) is 24.8 Å². The maximum Gasteiger partial charge on any atom is -0.00430 e. The van der Waals surface area contributed by atoms with E-state index in [-0.39, 0.29) is 0 Å². The largest absolute Gasteiger partial charge is 0.330 e. The molecule has 0 saturated heterocycles. The summed E-state index contributed by atoms with van der Waals surface area (Å²) in [6, 6.07) is 2.29. The molecule has 3 atom stereocenters. The summed E-state index contributed by atoms with van der Waals surface area (Å²) in [5, 5.41) is 4.52. The zero-order valence-electron chi connectivity index (χ0n) is 11.3. The minimum absolute atomic E-state index is 0.438. The molecule has 2 heteroatoms. The van der Waals surface area contributed by atoms with Gasteiger partial charge < -0.3 is 5.73 Å². The van der Waals surface area contributed by atoms with Crippen LogP contribution in [0.2, 0.25) is 0 Å².